The number of fused-ring (bicyclic) bond motifs is 1. The molecule has 4 rings (SSSR count). The van der Waals surface area contributed by atoms with E-state index in [1.807, 2.05) is 0 Å². The van der Waals surface area contributed by atoms with Crippen LogP contribution in [0.3, 0.4) is 0 Å². The van der Waals surface area contributed by atoms with E-state index in [4.69, 9.17) is 5.73 Å². The molecule has 0 bridgehead atoms. The second-order valence-corrected chi connectivity index (χ2v) is 6.07. The zero-order valence-electron chi connectivity index (χ0n) is 12.3. The summed E-state index contributed by atoms with van der Waals surface area (Å²) in [6, 6.07) is 15.3. The minimum Gasteiger partial charge on any atom is -0.354 e. The second-order valence-electron chi connectivity index (χ2n) is 6.07. The van der Waals surface area contributed by atoms with Gasteiger partial charge < -0.3 is 10.7 Å². The molecule has 0 amide bonds. The first-order valence-corrected chi connectivity index (χ1v) is 7.68. The quantitative estimate of drug-likeness (QED) is 0.727. The standard InChI is InChI=1S/C19H20N2/c1-12-17-10-13(11-20)6-9-18(17)21-19(12)16-5-3-2-4-15(16)14-7-8-14/h2-6,9-10,14,21H,7-8,11,20H2,1H3. The topological polar surface area (TPSA) is 41.8 Å². The molecule has 1 aromatic heterocycles. The second kappa shape index (κ2) is 4.74. The molecule has 2 aromatic carbocycles. The van der Waals surface area contributed by atoms with E-state index in [0.29, 0.717) is 6.54 Å². The summed E-state index contributed by atoms with van der Waals surface area (Å²) in [5.41, 5.74) is 13.6. The average molecular weight is 276 g/mol. The van der Waals surface area contributed by atoms with Gasteiger partial charge in [0, 0.05) is 28.7 Å². The van der Waals surface area contributed by atoms with Crippen LogP contribution in [0.5, 0.6) is 0 Å². The third-order valence-corrected chi connectivity index (χ3v) is 4.61. The number of hydrogen-bond acceptors (Lipinski definition) is 1. The van der Waals surface area contributed by atoms with E-state index >= 15 is 0 Å². The molecule has 0 atom stereocenters. The Hall–Kier alpha value is -2.06. The number of H-pyrrole nitrogens is 1. The van der Waals surface area contributed by atoms with Crippen molar-refractivity contribution in [1.82, 2.24) is 4.98 Å². The molecular formula is C19H20N2. The highest BCUT2D eigenvalue weighted by Crippen LogP contribution is 2.45. The van der Waals surface area contributed by atoms with Gasteiger partial charge >= 0.3 is 0 Å². The molecule has 1 aliphatic rings. The molecule has 0 unspecified atom stereocenters. The van der Waals surface area contributed by atoms with Crippen molar-refractivity contribution in [2.45, 2.75) is 32.2 Å². The van der Waals surface area contributed by atoms with Gasteiger partial charge in [-0.15, -0.1) is 0 Å². The van der Waals surface area contributed by atoms with Gasteiger partial charge in [-0.25, -0.2) is 0 Å². The maximum Gasteiger partial charge on any atom is 0.0497 e. The van der Waals surface area contributed by atoms with Crippen molar-refractivity contribution in [3.05, 3.63) is 59.2 Å². The van der Waals surface area contributed by atoms with Crippen LogP contribution < -0.4 is 5.73 Å². The molecule has 106 valence electrons. The Morgan fingerprint density at radius 2 is 1.95 bits per heavy atom. The summed E-state index contributed by atoms with van der Waals surface area (Å²) in [7, 11) is 0. The van der Waals surface area contributed by atoms with Crippen molar-refractivity contribution < 1.29 is 0 Å². The molecule has 0 saturated heterocycles. The lowest BCUT2D eigenvalue weighted by atomic mass is 9.98. The fourth-order valence-corrected chi connectivity index (χ4v) is 3.25. The molecule has 1 heterocycles. The summed E-state index contributed by atoms with van der Waals surface area (Å²) in [4.78, 5) is 3.61. The Kier molecular flexibility index (Phi) is 2.86. The first kappa shape index (κ1) is 12.7. The van der Waals surface area contributed by atoms with Crippen LogP contribution >= 0.6 is 0 Å². The first-order valence-electron chi connectivity index (χ1n) is 7.68. The smallest absolute Gasteiger partial charge is 0.0497 e. The largest absolute Gasteiger partial charge is 0.354 e. The van der Waals surface area contributed by atoms with E-state index in [-0.39, 0.29) is 0 Å². The SMILES string of the molecule is Cc1c(-c2ccccc2C2CC2)[nH]c2ccc(CN)cc12. The minimum atomic E-state index is 0.592. The molecule has 3 aromatic rings. The summed E-state index contributed by atoms with van der Waals surface area (Å²) in [5, 5.41) is 1.29. The lowest BCUT2D eigenvalue weighted by Gasteiger charge is -2.08. The van der Waals surface area contributed by atoms with Crippen LogP contribution in [0.25, 0.3) is 22.2 Å². The van der Waals surface area contributed by atoms with Gasteiger partial charge in [-0.2, -0.15) is 0 Å². The molecule has 1 saturated carbocycles. The van der Waals surface area contributed by atoms with Crippen LogP contribution in [-0.4, -0.2) is 4.98 Å². The van der Waals surface area contributed by atoms with Gasteiger partial charge in [-0.1, -0.05) is 30.3 Å². The Labute approximate surface area is 125 Å². The minimum absolute atomic E-state index is 0.592. The Morgan fingerprint density at radius 3 is 2.71 bits per heavy atom. The van der Waals surface area contributed by atoms with Gasteiger partial charge in [-0.3, -0.25) is 0 Å². The maximum atomic E-state index is 5.77. The molecule has 0 aliphatic heterocycles. The summed E-state index contributed by atoms with van der Waals surface area (Å²) < 4.78 is 0. The van der Waals surface area contributed by atoms with E-state index in [1.165, 1.54) is 51.7 Å². The molecule has 21 heavy (non-hydrogen) atoms. The van der Waals surface area contributed by atoms with Gasteiger partial charge in [0.1, 0.15) is 0 Å². The molecular weight excluding hydrogens is 256 g/mol. The highest BCUT2D eigenvalue weighted by atomic mass is 14.7. The molecule has 2 heteroatoms. The predicted octanol–water partition coefficient (Wildman–Crippen LogP) is 4.48. The molecule has 2 nitrogen and oxygen atoms in total. The fraction of sp³-hybridized carbons (Fsp3) is 0.263. The van der Waals surface area contributed by atoms with Crippen LogP contribution in [0.2, 0.25) is 0 Å². The van der Waals surface area contributed by atoms with Crippen molar-refractivity contribution in [3.8, 4) is 11.3 Å². The Bertz CT molecular complexity index is 810. The van der Waals surface area contributed by atoms with Gasteiger partial charge in [0.05, 0.1) is 0 Å². The first-order chi connectivity index (χ1) is 10.3. The van der Waals surface area contributed by atoms with Crippen molar-refractivity contribution in [3.63, 3.8) is 0 Å². The molecule has 3 N–H and O–H groups in total. The van der Waals surface area contributed by atoms with Crippen molar-refractivity contribution in [1.29, 1.82) is 0 Å². The van der Waals surface area contributed by atoms with Crippen LogP contribution in [-0.2, 0) is 6.54 Å². The highest BCUT2D eigenvalue weighted by Gasteiger charge is 2.27. The third-order valence-electron chi connectivity index (χ3n) is 4.61. The molecule has 1 aliphatic carbocycles. The zero-order valence-corrected chi connectivity index (χ0v) is 12.3. The number of rotatable bonds is 3. The average Bonchev–Trinajstić information content (AvgIpc) is 3.32. The predicted molar refractivity (Wildman–Crippen MR) is 88.3 cm³/mol. The van der Waals surface area contributed by atoms with E-state index < -0.39 is 0 Å². The number of aromatic nitrogens is 1. The Balaban J connectivity index is 1.93. The van der Waals surface area contributed by atoms with Gasteiger partial charge in [-0.05, 0) is 54.5 Å². The normalized spacial score (nSPS) is 14.8. The highest BCUT2D eigenvalue weighted by molar-refractivity contribution is 5.91. The lowest BCUT2D eigenvalue weighted by molar-refractivity contribution is 1.08. The molecule has 0 spiro atoms. The number of benzene rings is 2. The number of hydrogen-bond donors (Lipinski definition) is 2. The fourth-order valence-electron chi connectivity index (χ4n) is 3.25. The van der Waals surface area contributed by atoms with Crippen LogP contribution in [0.1, 0.15) is 35.4 Å². The van der Waals surface area contributed by atoms with Crippen LogP contribution in [0, 0.1) is 6.92 Å². The number of nitrogens with two attached hydrogens (primary N) is 1. The van der Waals surface area contributed by atoms with E-state index in [0.717, 1.165) is 5.92 Å². The van der Waals surface area contributed by atoms with Crippen LogP contribution in [0.4, 0.5) is 0 Å². The van der Waals surface area contributed by atoms with Crippen LogP contribution in [0.15, 0.2) is 42.5 Å². The molecule has 0 radical (unpaired) electrons. The van der Waals surface area contributed by atoms with E-state index in [2.05, 4.69) is 54.4 Å². The number of aromatic amines is 1. The third kappa shape index (κ3) is 2.07. The van der Waals surface area contributed by atoms with Gasteiger partial charge in [0.25, 0.3) is 0 Å². The maximum absolute atomic E-state index is 5.77. The number of nitrogens with one attached hydrogen (secondary N) is 1. The van der Waals surface area contributed by atoms with Crippen molar-refractivity contribution in [2.75, 3.05) is 0 Å². The summed E-state index contributed by atoms with van der Waals surface area (Å²) in [5.74, 6) is 0.756. The van der Waals surface area contributed by atoms with E-state index in [1.54, 1.807) is 0 Å². The van der Waals surface area contributed by atoms with Gasteiger partial charge in [0.2, 0.25) is 0 Å². The monoisotopic (exact) mass is 276 g/mol. The Morgan fingerprint density at radius 1 is 1.14 bits per heavy atom. The summed E-state index contributed by atoms with van der Waals surface area (Å²) in [6.07, 6.45) is 2.65. The summed E-state index contributed by atoms with van der Waals surface area (Å²) in [6.45, 7) is 2.80. The lowest BCUT2D eigenvalue weighted by Crippen LogP contribution is -1.95. The van der Waals surface area contributed by atoms with Crippen molar-refractivity contribution in [2.24, 2.45) is 5.73 Å². The van der Waals surface area contributed by atoms with E-state index in [9.17, 15) is 0 Å². The number of aryl methyl sites for hydroxylation is 1. The zero-order chi connectivity index (χ0) is 14.4. The van der Waals surface area contributed by atoms with Crippen molar-refractivity contribution >= 4 is 10.9 Å². The van der Waals surface area contributed by atoms with Gasteiger partial charge in [0.15, 0.2) is 0 Å². The molecule has 1 fully saturated rings. The summed E-state index contributed by atoms with van der Waals surface area (Å²) >= 11 is 0.